The molecule has 29 heavy (non-hydrogen) atoms. The lowest BCUT2D eigenvalue weighted by atomic mass is 10.1. The second-order valence-corrected chi connectivity index (χ2v) is 7.46. The second kappa shape index (κ2) is 16.9. The predicted octanol–water partition coefficient (Wildman–Crippen LogP) is 6.24. The van der Waals surface area contributed by atoms with Crippen LogP contribution in [0, 0.1) is 11.8 Å². The molecule has 0 aromatic heterocycles. The number of unbranched alkanes of at least 4 members (excludes halogenated alkanes) is 8. The van der Waals surface area contributed by atoms with Gasteiger partial charge in [0.25, 0.3) is 0 Å². The van der Waals surface area contributed by atoms with Gasteiger partial charge in [-0.15, -0.1) is 0 Å². The molecule has 1 aromatic rings. The van der Waals surface area contributed by atoms with Gasteiger partial charge in [-0.3, -0.25) is 9.59 Å². The minimum Gasteiger partial charge on any atom is -0.461 e. The fourth-order valence-corrected chi connectivity index (χ4v) is 2.82. The van der Waals surface area contributed by atoms with Crippen LogP contribution in [0.3, 0.4) is 0 Å². The Balaban J connectivity index is 1.97. The molecule has 0 saturated heterocycles. The quantitative estimate of drug-likeness (QED) is 0.203. The first-order valence-corrected chi connectivity index (χ1v) is 11.0. The Morgan fingerprint density at radius 1 is 0.828 bits per heavy atom. The highest BCUT2D eigenvalue weighted by Crippen LogP contribution is 2.11. The number of hydrogen-bond acceptors (Lipinski definition) is 4. The van der Waals surface area contributed by atoms with Gasteiger partial charge in [0.15, 0.2) is 6.61 Å². The molecule has 0 heterocycles. The topological polar surface area (TPSA) is 52.6 Å². The normalized spacial score (nSPS) is 10.1. The SMILES string of the molecule is CCCCCCCCCCC#CCOC(=O)CCC(=O)OCc1ccc(Cl)cc1. The molecule has 0 N–H and O–H groups in total. The predicted molar refractivity (Wildman–Crippen MR) is 116 cm³/mol. The number of rotatable bonds is 14. The Bertz CT molecular complexity index is 643. The van der Waals surface area contributed by atoms with Crippen molar-refractivity contribution in [3.05, 3.63) is 34.9 Å². The van der Waals surface area contributed by atoms with E-state index < -0.39 is 11.9 Å². The highest BCUT2D eigenvalue weighted by atomic mass is 35.5. The van der Waals surface area contributed by atoms with Crippen LogP contribution in [-0.4, -0.2) is 18.5 Å². The zero-order valence-corrected chi connectivity index (χ0v) is 18.3. The first-order valence-electron chi connectivity index (χ1n) is 10.6. The Morgan fingerprint density at radius 2 is 1.41 bits per heavy atom. The average Bonchev–Trinajstić information content (AvgIpc) is 2.72. The lowest BCUT2D eigenvalue weighted by molar-refractivity contribution is -0.150. The van der Waals surface area contributed by atoms with Gasteiger partial charge >= 0.3 is 11.9 Å². The molecule has 0 aliphatic heterocycles. The molecule has 0 atom stereocenters. The summed E-state index contributed by atoms with van der Waals surface area (Å²) in [6.07, 6.45) is 11.0. The van der Waals surface area contributed by atoms with E-state index in [1.165, 1.54) is 44.9 Å². The van der Waals surface area contributed by atoms with Crippen LogP contribution in [0.1, 0.15) is 83.1 Å². The second-order valence-electron chi connectivity index (χ2n) is 7.03. The maximum absolute atomic E-state index is 11.7. The highest BCUT2D eigenvalue weighted by Gasteiger charge is 2.09. The first-order chi connectivity index (χ1) is 14.1. The van der Waals surface area contributed by atoms with Gasteiger partial charge in [-0.05, 0) is 24.1 Å². The van der Waals surface area contributed by atoms with E-state index in [0.717, 1.165) is 18.4 Å². The highest BCUT2D eigenvalue weighted by molar-refractivity contribution is 6.30. The molecule has 0 fully saturated rings. The molecule has 0 spiro atoms. The molecule has 0 unspecified atom stereocenters. The Morgan fingerprint density at radius 3 is 2.07 bits per heavy atom. The van der Waals surface area contributed by atoms with E-state index in [2.05, 4.69) is 18.8 Å². The summed E-state index contributed by atoms with van der Waals surface area (Å²) in [5.74, 6) is 5.02. The minimum atomic E-state index is -0.435. The van der Waals surface area contributed by atoms with Gasteiger partial charge in [-0.25, -0.2) is 0 Å². The van der Waals surface area contributed by atoms with Crippen molar-refractivity contribution < 1.29 is 19.1 Å². The van der Waals surface area contributed by atoms with Gasteiger partial charge in [0, 0.05) is 11.4 Å². The lowest BCUT2D eigenvalue weighted by Gasteiger charge is -2.05. The Labute approximate surface area is 180 Å². The summed E-state index contributed by atoms with van der Waals surface area (Å²) in [6, 6.07) is 7.04. The average molecular weight is 421 g/mol. The van der Waals surface area contributed by atoms with E-state index in [1.54, 1.807) is 24.3 Å². The van der Waals surface area contributed by atoms with Crippen LogP contribution in [0.25, 0.3) is 0 Å². The summed E-state index contributed by atoms with van der Waals surface area (Å²) < 4.78 is 10.1. The smallest absolute Gasteiger partial charge is 0.307 e. The van der Waals surface area contributed by atoms with Gasteiger partial charge in [0.1, 0.15) is 6.61 Å². The maximum Gasteiger partial charge on any atom is 0.307 e. The molecule has 0 bridgehead atoms. The molecule has 0 saturated carbocycles. The molecule has 0 aliphatic rings. The van der Waals surface area contributed by atoms with Crippen molar-refractivity contribution in [2.45, 2.75) is 84.2 Å². The fourth-order valence-electron chi connectivity index (χ4n) is 2.70. The number of hydrogen-bond donors (Lipinski definition) is 0. The van der Waals surface area contributed by atoms with Crippen LogP contribution < -0.4 is 0 Å². The van der Waals surface area contributed by atoms with Crippen LogP contribution in [0.5, 0.6) is 0 Å². The Hall–Kier alpha value is -1.99. The fraction of sp³-hybridized carbons (Fsp3) is 0.583. The number of carbonyl (C=O) groups excluding carboxylic acids is 2. The van der Waals surface area contributed by atoms with E-state index >= 15 is 0 Å². The lowest BCUT2D eigenvalue weighted by Crippen LogP contribution is -2.10. The van der Waals surface area contributed by atoms with E-state index in [1.807, 2.05) is 0 Å². The third-order valence-corrected chi connectivity index (χ3v) is 4.68. The summed E-state index contributed by atoms with van der Waals surface area (Å²) in [4.78, 5) is 23.3. The van der Waals surface area contributed by atoms with Gasteiger partial charge in [-0.2, -0.15) is 0 Å². The molecule has 4 nitrogen and oxygen atoms in total. The van der Waals surface area contributed by atoms with Crippen LogP contribution in [0.2, 0.25) is 5.02 Å². The molecule has 1 aromatic carbocycles. The standard InChI is InChI=1S/C24H33ClO4/c1-2-3-4-5-6-7-8-9-10-11-12-19-28-23(26)17-18-24(27)29-20-21-13-15-22(25)16-14-21/h13-16H,2-10,17-20H2,1H3. The minimum absolute atomic E-state index is 0.000831. The van der Waals surface area contributed by atoms with Gasteiger partial charge in [-0.1, -0.05) is 87.4 Å². The van der Waals surface area contributed by atoms with E-state index in [0.29, 0.717) is 5.02 Å². The molecule has 1 rings (SSSR count). The maximum atomic E-state index is 11.7. The van der Waals surface area contributed by atoms with Crippen LogP contribution >= 0.6 is 11.6 Å². The van der Waals surface area contributed by atoms with Gasteiger partial charge < -0.3 is 9.47 Å². The van der Waals surface area contributed by atoms with Crippen molar-refractivity contribution in [1.29, 1.82) is 0 Å². The number of benzene rings is 1. The number of halogens is 1. The third kappa shape index (κ3) is 14.6. The summed E-state index contributed by atoms with van der Waals surface area (Å²) in [5.41, 5.74) is 0.845. The van der Waals surface area contributed by atoms with Crippen LogP contribution in [0.4, 0.5) is 0 Å². The van der Waals surface area contributed by atoms with Gasteiger partial charge in [0.2, 0.25) is 0 Å². The van der Waals surface area contributed by atoms with E-state index in [-0.39, 0.29) is 26.1 Å². The zero-order chi connectivity index (χ0) is 21.2. The Kier molecular flexibility index (Phi) is 14.6. The van der Waals surface area contributed by atoms with Crippen molar-refractivity contribution >= 4 is 23.5 Å². The summed E-state index contributed by atoms with van der Waals surface area (Å²) >= 11 is 5.80. The van der Waals surface area contributed by atoms with Gasteiger partial charge in [0.05, 0.1) is 12.8 Å². The van der Waals surface area contributed by atoms with Crippen molar-refractivity contribution in [1.82, 2.24) is 0 Å². The molecule has 0 aliphatic carbocycles. The zero-order valence-electron chi connectivity index (χ0n) is 17.5. The number of esters is 2. The van der Waals surface area contributed by atoms with Crippen LogP contribution in [0.15, 0.2) is 24.3 Å². The van der Waals surface area contributed by atoms with Crippen LogP contribution in [-0.2, 0) is 25.7 Å². The van der Waals surface area contributed by atoms with Crippen molar-refractivity contribution in [3.8, 4) is 11.8 Å². The van der Waals surface area contributed by atoms with E-state index in [9.17, 15) is 9.59 Å². The molecule has 0 radical (unpaired) electrons. The molecule has 5 heteroatoms. The summed E-state index contributed by atoms with van der Waals surface area (Å²) in [6.45, 7) is 2.47. The summed E-state index contributed by atoms with van der Waals surface area (Å²) in [7, 11) is 0. The number of carbonyl (C=O) groups is 2. The largest absolute Gasteiger partial charge is 0.461 e. The molecular formula is C24H33ClO4. The summed E-state index contributed by atoms with van der Waals surface area (Å²) in [5, 5.41) is 0.628. The van der Waals surface area contributed by atoms with Crippen molar-refractivity contribution in [2.24, 2.45) is 0 Å². The van der Waals surface area contributed by atoms with Crippen molar-refractivity contribution in [3.63, 3.8) is 0 Å². The molecule has 160 valence electrons. The monoisotopic (exact) mass is 420 g/mol. The number of ether oxygens (including phenoxy) is 2. The first kappa shape index (κ1) is 25.0. The molecule has 0 amide bonds. The third-order valence-electron chi connectivity index (χ3n) is 4.43. The van der Waals surface area contributed by atoms with E-state index in [4.69, 9.17) is 21.1 Å². The molecular weight excluding hydrogens is 388 g/mol. The van der Waals surface area contributed by atoms with Crippen molar-refractivity contribution in [2.75, 3.05) is 6.61 Å².